The monoisotopic (exact) mass is 829 g/mol. The molecule has 1 N–H and O–H groups in total. The molecule has 0 aliphatic carbocycles. The van der Waals surface area contributed by atoms with E-state index in [9.17, 15) is 6.48 Å². The number of aryl methyl sites for hydroxylation is 2. The largest absolute Gasteiger partial charge is 0.507 e. The molecule has 4 heteroatoms. The molecule has 0 atom stereocenters. The average Bonchev–Trinajstić information content (AvgIpc) is 3.70. The van der Waals surface area contributed by atoms with Gasteiger partial charge >= 0.3 is 0 Å². The van der Waals surface area contributed by atoms with Crippen molar-refractivity contribution in [1.82, 2.24) is 14.5 Å². The van der Waals surface area contributed by atoms with Crippen LogP contribution >= 0.6 is 0 Å². The topological polar surface area (TPSA) is 50.9 Å². The molecule has 0 saturated heterocycles. The van der Waals surface area contributed by atoms with Gasteiger partial charge in [-0.2, -0.15) is 0 Å². The zero-order valence-corrected chi connectivity index (χ0v) is 37.4. The Labute approximate surface area is 387 Å². The van der Waals surface area contributed by atoms with Crippen LogP contribution in [-0.2, 0) is 10.8 Å². The van der Waals surface area contributed by atoms with Gasteiger partial charge in [0.1, 0.15) is 11.6 Å². The van der Waals surface area contributed by atoms with Crippen molar-refractivity contribution in [3.05, 3.63) is 167 Å². The highest BCUT2D eigenvalue weighted by Crippen LogP contribution is 2.44. The van der Waals surface area contributed by atoms with Crippen molar-refractivity contribution in [2.75, 3.05) is 0 Å². The van der Waals surface area contributed by atoms with Crippen LogP contribution in [0.15, 0.2) is 133 Å². The summed E-state index contributed by atoms with van der Waals surface area (Å²) in [6.45, 7) is 18.3. The molecule has 0 fully saturated rings. The molecule has 0 saturated carbocycles. The van der Waals surface area contributed by atoms with Gasteiger partial charge < -0.3 is 5.11 Å². The Morgan fingerprint density at radius 2 is 1.39 bits per heavy atom. The number of phenols is 1. The van der Waals surface area contributed by atoms with Gasteiger partial charge in [0.05, 0.1) is 38.9 Å². The highest BCUT2D eigenvalue weighted by atomic mass is 16.3. The van der Waals surface area contributed by atoms with Gasteiger partial charge in [0.2, 0.25) is 0 Å². The smallest absolute Gasteiger partial charge is 0.149 e. The second-order valence-electron chi connectivity index (χ2n) is 18.7. The molecule has 6 aromatic carbocycles. The summed E-state index contributed by atoms with van der Waals surface area (Å²) in [6, 6.07) is 21.5. The predicted molar refractivity (Wildman–Crippen MR) is 263 cm³/mol. The Morgan fingerprint density at radius 3 is 2.05 bits per heavy atom. The van der Waals surface area contributed by atoms with E-state index in [0.717, 1.165) is 11.1 Å². The number of para-hydroxylation sites is 1. The van der Waals surface area contributed by atoms with Gasteiger partial charge in [-0.25, -0.2) is 4.98 Å². The minimum absolute atomic E-state index is 0.0126. The number of pyridine rings is 1. The van der Waals surface area contributed by atoms with Crippen molar-refractivity contribution in [1.29, 1.82) is 0 Å². The Morgan fingerprint density at radius 1 is 0.677 bits per heavy atom. The first kappa shape index (κ1) is 29.1. The number of fused-ring (bicyclic) bond motifs is 1. The van der Waals surface area contributed by atoms with Gasteiger partial charge in [-0.15, -0.1) is 0 Å². The number of aromatic nitrogens is 3. The normalized spacial score (nSPS) is 15.8. The molecule has 62 heavy (non-hydrogen) atoms. The third kappa shape index (κ3) is 8.23. The Kier molecular flexibility index (Phi) is 7.61. The minimum atomic E-state index is -2.69. The van der Waals surface area contributed by atoms with Crippen LogP contribution < -0.4 is 0 Å². The molecule has 0 radical (unpaired) electrons. The molecule has 0 unspecified atom stereocenters. The molecule has 8 aromatic rings. The lowest BCUT2D eigenvalue weighted by molar-refractivity contribution is 0.448. The second-order valence-corrected chi connectivity index (χ2v) is 18.7. The molecule has 0 aliphatic heterocycles. The molecule has 0 spiro atoms. The molecule has 2 aromatic heterocycles. The first-order chi connectivity index (χ1) is 34.5. The summed E-state index contributed by atoms with van der Waals surface area (Å²) < 4.78 is 116. The van der Waals surface area contributed by atoms with Crippen molar-refractivity contribution in [2.24, 2.45) is 0 Å². The van der Waals surface area contributed by atoms with Gasteiger partial charge in [0.15, 0.2) is 0 Å². The molecule has 0 aliphatic rings. The van der Waals surface area contributed by atoms with Gasteiger partial charge in [-0.3, -0.25) is 9.55 Å². The van der Waals surface area contributed by atoms with Gasteiger partial charge in [-0.1, -0.05) is 148 Å². The Bertz CT molecular complexity index is 3580. The van der Waals surface area contributed by atoms with Crippen LogP contribution in [0.3, 0.4) is 0 Å². The summed E-state index contributed by atoms with van der Waals surface area (Å²) >= 11 is 0. The van der Waals surface area contributed by atoms with Crippen LogP contribution in [0.4, 0.5) is 0 Å². The van der Waals surface area contributed by atoms with Gasteiger partial charge in [-0.05, 0) is 141 Å². The molecule has 314 valence electrons. The highest BCUT2D eigenvalue weighted by Gasteiger charge is 2.27. The fourth-order valence-corrected chi connectivity index (χ4v) is 7.87. The lowest BCUT2D eigenvalue weighted by Gasteiger charge is -2.23. The summed E-state index contributed by atoms with van der Waals surface area (Å²) in [5.41, 5.74) is 6.10. The lowest BCUT2D eigenvalue weighted by atomic mass is 9.83. The van der Waals surface area contributed by atoms with Crippen molar-refractivity contribution in [2.45, 2.75) is 106 Å². The van der Waals surface area contributed by atoms with E-state index >= 15 is 0 Å². The average molecular weight is 829 g/mol. The third-order valence-electron chi connectivity index (χ3n) is 11.4. The van der Waals surface area contributed by atoms with Gasteiger partial charge in [0, 0.05) is 29.7 Å². The van der Waals surface area contributed by atoms with Crippen molar-refractivity contribution in [3.8, 4) is 67.5 Å². The fraction of sp³-hybridized carbons (Fsp3) is 0.276. The number of hydrogen-bond acceptors (Lipinski definition) is 3. The zero-order valence-electron chi connectivity index (χ0n) is 50.4. The summed E-state index contributed by atoms with van der Waals surface area (Å²) in [5, 5.41) is 12.3. The van der Waals surface area contributed by atoms with E-state index < -0.39 is 77.9 Å². The summed E-state index contributed by atoms with van der Waals surface area (Å²) in [5.74, 6) is -1.81. The first-order valence-electron chi connectivity index (χ1n) is 27.4. The van der Waals surface area contributed by atoms with E-state index in [-0.39, 0.29) is 39.6 Å². The lowest BCUT2D eigenvalue weighted by Crippen LogP contribution is -2.12. The molecule has 0 amide bonds. The number of nitrogens with zero attached hydrogens (tertiary/aromatic N) is 3. The van der Waals surface area contributed by atoms with Crippen LogP contribution in [0, 0.1) is 13.8 Å². The van der Waals surface area contributed by atoms with Crippen LogP contribution in [0.1, 0.15) is 132 Å². The van der Waals surface area contributed by atoms with Crippen LogP contribution in [0.2, 0.25) is 0 Å². The summed E-state index contributed by atoms with van der Waals surface area (Å²) in [6.07, 6.45) is -0.562. The van der Waals surface area contributed by atoms with Crippen molar-refractivity contribution >= 4 is 11.0 Å². The molecular formula is C58H61N3O. The maximum absolute atomic E-state index is 12.3. The highest BCUT2D eigenvalue weighted by molar-refractivity contribution is 5.97. The van der Waals surface area contributed by atoms with Crippen molar-refractivity contribution < 1.29 is 22.9 Å². The van der Waals surface area contributed by atoms with E-state index in [1.165, 1.54) is 0 Å². The van der Waals surface area contributed by atoms with Crippen LogP contribution in [0.5, 0.6) is 5.75 Å². The SMILES string of the molecule is [2H]c1nc(-c2cc(-c3cccc4c3nc(-c3cc(C)cc(C(C)(C)C)c3O)n4-c3ccc(-c4cc(C([2H])(C)C)cc(C([2H])(C)C)c4)cc3C([2H])([2H])[2H])cc(C(C)(C)C)c2)c([2H])c(-c2c([2H])c([2H])c([2H])c([2H])c2[2H])c1[2H]. The molecule has 4 nitrogen and oxygen atoms in total. The van der Waals surface area contributed by atoms with Gasteiger partial charge in [0.25, 0.3) is 0 Å². The van der Waals surface area contributed by atoms with E-state index in [0.29, 0.717) is 61.1 Å². The summed E-state index contributed by atoms with van der Waals surface area (Å²) in [4.78, 5) is 9.78. The van der Waals surface area contributed by atoms with E-state index in [2.05, 4.69) is 4.98 Å². The third-order valence-corrected chi connectivity index (χ3v) is 11.4. The fourth-order valence-electron chi connectivity index (χ4n) is 7.87. The molecule has 8 rings (SSSR count). The van der Waals surface area contributed by atoms with E-state index in [1.807, 2.05) is 115 Å². The summed E-state index contributed by atoms with van der Waals surface area (Å²) in [7, 11) is 0. The van der Waals surface area contributed by atoms with Crippen LogP contribution in [-0.4, -0.2) is 19.6 Å². The Hall–Kier alpha value is -6.26. The minimum Gasteiger partial charge on any atom is -0.507 e. The number of rotatable bonds is 8. The Balaban J connectivity index is 1.46. The quantitative estimate of drug-likeness (QED) is 0.166. The predicted octanol–water partition coefficient (Wildman–Crippen LogP) is 15.9. The van der Waals surface area contributed by atoms with E-state index in [4.69, 9.17) is 21.4 Å². The molecule has 2 heterocycles. The zero-order chi connectivity index (χ0) is 55.6. The van der Waals surface area contributed by atoms with Crippen LogP contribution in [0.25, 0.3) is 72.7 Å². The number of benzene rings is 6. The van der Waals surface area contributed by atoms with Crippen molar-refractivity contribution in [3.63, 3.8) is 0 Å². The second kappa shape index (κ2) is 16.2. The number of imidazole rings is 1. The molecular weight excluding hydrogens is 755 g/mol. The maximum Gasteiger partial charge on any atom is 0.149 e. The number of phenolic OH excluding ortho intramolecular Hbond substituents is 1. The first-order valence-corrected chi connectivity index (χ1v) is 20.9. The standard InChI is InChI=1S/C58H61N3O/c1-35(2)42-28-43(36(3)4)30-44(29-42)40-21-22-52(38(6)27-40)61-53-20-16-19-48(54(53)60-56(61)49-25-37(5)26-50(55(49)62)58(10,11)12)45-31-46(33-47(32-45)57(7,8)9)51-34-41(23-24-59-51)39-17-14-13-15-18-39/h13-36,62H,1-12H3/i6D3,13D,14D,15D,17D,18D,23D,24D,34D,35D,36D. The van der Waals surface area contributed by atoms with E-state index in [1.54, 1.807) is 50.5 Å². The number of aromatic hydroxyl groups is 1. The molecule has 0 bridgehead atoms. The maximum atomic E-state index is 12.3. The number of hydrogen-bond donors (Lipinski definition) is 1.